The van der Waals surface area contributed by atoms with E-state index in [4.69, 9.17) is 4.42 Å². The zero-order chi connectivity index (χ0) is 17.2. The molecule has 25 heavy (non-hydrogen) atoms. The summed E-state index contributed by atoms with van der Waals surface area (Å²) in [6.45, 7) is 6.29. The number of aromatic nitrogens is 2. The molecule has 1 aromatic carbocycles. The van der Waals surface area contributed by atoms with Crippen LogP contribution < -0.4 is 10.2 Å². The number of furan rings is 1. The summed E-state index contributed by atoms with van der Waals surface area (Å²) < 4.78 is 6.06. The predicted octanol–water partition coefficient (Wildman–Crippen LogP) is 4.26. The van der Waals surface area contributed by atoms with E-state index in [-0.39, 0.29) is 6.04 Å². The van der Waals surface area contributed by atoms with Crippen molar-refractivity contribution in [2.24, 2.45) is 0 Å². The largest absolute Gasteiger partial charge is 0.459 e. The van der Waals surface area contributed by atoms with E-state index in [0.29, 0.717) is 0 Å². The summed E-state index contributed by atoms with van der Waals surface area (Å²) >= 11 is 2.00. The van der Waals surface area contributed by atoms with Gasteiger partial charge in [0.1, 0.15) is 29.3 Å². The van der Waals surface area contributed by atoms with Gasteiger partial charge in [0, 0.05) is 41.6 Å². The molecule has 5 nitrogen and oxygen atoms in total. The van der Waals surface area contributed by atoms with Crippen molar-refractivity contribution < 1.29 is 4.42 Å². The Morgan fingerprint density at radius 2 is 2.00 bits per heavy atom. The minimum absolute atomic E-state index is 0.0343. The molecule has 1 N–H and O–H groups in total. The van der Waals surface area contributed by atoms with Crippen LogP contribution in [-0.2, 0) is 0 Å². The molecule has 1 saturated heterocycles. The van der Waals surface area contributed by atoms with Gasteiger partial charge in [-0.15, -0.1) is 0 Å². The molecule has 1 atom stereocenters. The molecule has 0 unspecified atom stereocenters. The van der Waals surface area contributed by atoms with Gasteiger partial charge in [0.15, 0.2) is 0 Å². The van der Waals surface area contributed by atoms with Gasteiger partial charge in [-0.1, -0.05) is 18.2 Å². The first-order chi connectivity index (χ1) is 12.2. The zero-order valence-corrected chi connectivity index (χ0v) is 15.3. The lowest BCUT2D eigenvalue weighted by Crippen LogP contribution is -2.33. The van der Waals surface area contributed by atoms with Crippen LogP contribution in [-0.4, -0.2) is 34.6 Å². The maximum atomic E-state index is 6.06. The van der Waals surface area contributed by atoms with Crippen molar-refractivity contribution in [2.75, 3.05) is 34.8 Å². The molecule has 6 heteroatoms. The normalized spacial score (nSPS) is 16.2. The molecule has 0 spiro atoms. The Hall–Kier alpha value is -2.21. The number of thioether (sulfide) groups is 1. The Bertz CT molecular complexity index is 873. The summed E-state index contributed by atoms with van der Waals surface area (Å²) in [5, 5.41) is 4.63. The highest BCUT2D eigenvalue weighted by molar-refractivity contribution is 7.99. The Kier molecular flexibility index (Phi) is 4.53. The molecular formula is C19H22N4OS. The van der Waals surface area contributed by atoms with Crippen LogP contribution in [0.2, 0.25) is 0 Å². The van der Waals surface area contributed by atoms with E-state index < -0.39 is 0 Å². The summed E-state index contributed by atoms with van der Waals surface area (Å²) in [6.07, 6.45) is 1.64. The molecule has 4 rings (SSSR count). The highest BCUT2D eigenvalue weighted by Crippen LogP contribution is 2.31. The SMILES string of the molecule is Cc1c([C@H](C)Nc2cc(N3CCSCC3)ncn2)oc2ccccc12. The molecule has 0 amide bonds. The van der Waals surface area contributed by atoms with Crippen molar-refractivity contribution in [3.05, 3.63) is 48.0 Å². The van der Waals surface area contributed by atoms with Gasteiger partial charge in [0.2, 0.25) is 0 Å². The van der Waals surface area contributed by atoms with E-state index >= 15 is 0 Å². The quantitative estimate of drug-likeness (QED) is 0.756. The van der Waals surface area contributed by atoms with Gasteiger partial charge in [-0.25, -0.2) is 9.97 Å². The number of anilines is 2. The van der Waals surface area contributed by atoms with E-state index in [9.17, 15) is 0 Å². The lowest BCUT2D eigenvalue weighted by atomic mass is 10.1. The Morgan fingerprint density at radius 3 is 2.80 bits per heavy atom. The first-order valence-electron chi connectivity index (χ1n) is 8.61. The highest BCUT2D eigenvalue weighted by atomic mass is 32.2. The van der Waals surface area contributed by atoms with E-state index in [1.165, 1.54) is 10.9 Å². The number of nitrogens with zero attached hydrogens (tertiary/aromatic N) is 3. The summed E-state index contributed by atoms with van der Waals surface area (Å²) in [4.78, 5) is 11.1. The maximum Gasteiger partial charge on any atom is 0.134 e. The molecule has 3 aromatic rings. The Morgan fingerprint density at radius 1 is 1.20 bits per heavy atom. The minimum Gasteiger partial charge on any atom is -0.459 e. The number of benzene rings is 1. The second-order valence-corrected chi connectivity index (χ2v) is 7.54. The molecule has 3 heterocycles. The van der Waals surface area contributed by atoms with Crippen LogP contribution in [0.4, 0.5) is 11.6 Å². The monoisotopic (exact) mass is 354 g/mol. The summed E-state index contributed by atoms with van der Waals surface area (Å²) in [7, 11) is 0. The van der Waals surface area contributed by atoms with Crippen LogP contribution in [0.25, 0.3) is 11.0 Å². The number of nitrogens with one attached hydrogen (secondary N) is 1. The fraction of sp³-hybridized carbons (Fsp3) is 0.368. The Balaban J connectivity index is 1.55. The fourth-order valence-corrected chi connectivity index (χ4v) is 4.19. The Labute approximate surface area is 151 Å². The van der Waals surface area contributed by atoms with Crippen LogP contribution >= 0.6 is 11.8 Å². The predicted molar refractivity (Wildman–Crippen MR) is 105 cm³/mol. The molecular weight excluding hydrogens is 332 g/mol. The minimum atomic E-state index is 0.0343. The smallest absolute Gasteiger partial charge is 0.134 e. The zero-order valence-electron chi connectivity index (χ0n) is 14.5. The summed E-state index contributed by atoms with van der Waals surface area (Å²) in [6, 6.07) is 10.2. The molecule has 1 aliphatic heterocycles. The first-order valence-corrected chi connectivity index (χ1v) is 9.77. The number of hydrogen-bond donors (Lipinski definition) is 1. The van der Waals surface area contributed by atoms with Crippen LogP contribution in [0.15, 0.2) is 41.1 Å². The average Bonchev–Trinajstić information content (AvgIpc) is 3.00. The average molecular weight is 354 g/mol. The van der Waals surface area contributed by atoms with Crippen LogP contribution in [0.3, 0.4) is 0 Å². The number of aryl methyl sites for hydroxylation is 1. The van der Waals surface area contributed by atoms with Crippen LogP contribution in [0, 0.1) is 6.92 Å². The van der Waals surface area contributed by atoms with E-state index in [1.54, 1.807) is 6.33 Å². The molecule has 0 bridgehead atoms. The molecule has 0 aliphatic carbocycles. The number of para-hydroxylation sites is 1. The number of rotatable bonds is 4. The second kappa shape index (κ2) is 6.96. The summed E-state index contributed by atoms with van der Waals surface area (Å²) in [5.41, 5.74) is 2.11. The third-order valence-corrected chi connectivity index (χ3v) is 5.57. The van der Waals surface area contributed by atoms with Crippen molar-refractivity contribution in [1.82, 2.24) is 9.97 Å². The molecule has 0 radical (unpaired) electrons. The summed E-state index contributed by atoms with van der Waals surface area (Å²) in [5.74, 6) is 5.08. The van der Waals surface area contributed by atoms with Gasteiger partial charge >= 0.3 is 0 Å². The van der Waals surface area contributed by atoms with Crippen molar-refractivity contribution in [3.8, 4) is 0 Å². The van der Waals surface area contributed by atoms with Gasteiger partial charge in [-0.3, -0.25) is 0 Å². The highest BCUT2D eigenvalue weighted by Gasteiger charge is 2.18. The standard InChI is InChI=1S/C19H22N4OS/c1-13-15-5-3-4-6-16(15)24-19(13)14(2)22-17-11-18(21-12-20-17)23-7-9-25-10-8-23/h3-6,11-12,14H,7-10H2,1-2H3,(H,20,21,22)/t14-/m0/s1. The van der Waals surface area contributed by atoms with Crippen molar-refractivity contribution in [1.29, 1.82) is 0 Å². The lowest BCUT2D eigenvalue weighted by Gasteiger charge is -2.27. The topological polar surface area (TPSA) is 54.2 Å². The van der Waals surface area contributed by atoms with Gasteiger partial charge < -0.3 is 14.6 Å². The maximum absolute atomic E-state index is 6.06. The van der Waals surface area contributed by atoms with Gasteiger partial charge in [-0.05, 0) is 19.9 Å². The lowest BCUT2D eigenvalue weighted by molar-refractivity contribution is 0.521. The van der Waals surface area contributed by atoms with E-state index in [2.05, 4.69) is 40.1 Å². The van der Waals surface area contributed by atoms with Crippen molar-refractivity contribution in [3.63, 3.8) is 0 Å². The van der Waals surface area contributed by atoms with Crippen molar-refractivity contribution >= 4 is 34.4 Å². The van der Waals surface area contributed by atoms with Crippen molar-refractivity contribution in [2.45, 2.75) is 19.9 Å². The van der Waals surface area contributed by atoms with Crippen LogP contribution in [0.5, 0.6) is 0 Å². The molecule has 0 saturated carbocycles. The van der Waals surface area contributed by atoms with Gasteiger partial charge in [-0.2, -0.15) is 11.8 Å². The molecule has 1 aliphatic rings. The molecule has 1 fully saturated rings. The molecule has 130 valence electrons. The van der Waals surface area contributed by atoms with Crippen LogP contribution in [0.1, 0.15) is 24.3 Å². The number of fused-ring (bicyclic) bond motifs is 1. The second-order valence-electron chi connectivity index (χ2n) is 6.31. The first kappa shape index (κ1) is 16.3. The van der Waals surface area contributed by atoms with Gasteiger partial charge in [0.25, 0.3) is 0 Å². The van der Waals surface area contributed by atoms with E-state index in [0.717, 1.165) is 47.6 Å². The fourth-order valence-electron chi connectivity index (χ4n) is 3.29. The third kappa shape index (κ3) is 3.31. The molecule has 2 aromatic heterocycles. The van der Waals surface area contributed by atoms with Gasteiger partial charge in [0.05, 0.1) is 6.04 Å². The van der Waals surface area contributed by atoms with E-state index in [1.807, 2.05) is 36.0 Å². The third-order valence-electron chi connectivity index (χ3n) is 4.63. The number of hydrogen-bond acceptors (Lipinski definition) is 6.